The van der Waals surface area contributed by atoms with Crippen LogP contribution in [0.2, 0.25) is 10.0 Å². The molecule has 2 aromatic carbocycles. The Morgan fingerprint density at radius 2 is 1.95 bits per heavy atom. The summed E-state index contributed by atoms with van der Waals surface area (Å²) in [6.45, 7) is 0. The summed E-state index contributed by atoms with van der Waals surface area (Å²) in [4.78, 5) is 0.419. The summed E-state index contributed by atoms with van der Waals surface area (Å²) in [7, 11) is -1.44. The first-order chi connectivity index (χ1) is 8.99. The Bertz CT molecular complexity index is 649. The molecule has 2 N–H and O–H groups in total. The smallest absolute Gasteiger partial charge is 0.142 e. The number of hydrogen-bond acceptors (Lipinski definition) is 2. The maximum absolute atomic E-state index is 13.3. The molecule has 0 spiro atoms. The highest BCUT2D eigenvalue weighted by molar-refractivity contribution is 7.84. The van der Waals surface area contributed by atoms with E-state index in [1.54, 1.807) is 24.3 Å². The summed E-state index contributed by atoms with van der Waals surface area (Å²) in [5.74, 6) is -0.449. The molecule has 0 saturated carbocycles. The van der Waals surface area contributed by atoms with Crippen LogP contribution < -0.4 is 5.73 Å². The molecule has 2 aromatic rings. The average molecular weight is 318 g/mol. The van der Waals surface area contributed by atoms with Crippen molar-refractivity contribution in [1.29, 1.82) is 0 Å². The van der Waals surface area contributed by atoms with Crippen LogP contribution in [-0.2, 0) is 16.6 Å². The van der Waals surface area contributed by atoms with E-state index in [0.717, 1.165) is 0 Å². The average Bonchev–Trinajstić information content (AvgIpc) is 2.38. The van der Waals surface area contributed by atoms with Crippen LogP contribution >= 0.6 is 23.2 Å². The molecule has 0 aliphatic carbocycles. The van der Waals surface area contributed by atoms with Gasteiger partial charge in [-0.05, 0) is 29.8 Å². The van der Waals surface area contributed by atoms with E-state index >= 15 is 0 Å². The maximum Gasteiger partial charge on any atom is 0.142 e. The number of rotatable bonds is 3. The fourth-order valence-electron chi connectivity index (χ4n) is 1.57. The number of nitrogen functional groups attached to an aromatic ring is 1. The lowest BCUT2D eigenvalue weighted by molar-refractivity contribution is 0.626. The Morgan fingerprint density at radius 3 is 2.68 bits per heavy atom. The highest BCUT2D eigenvalue weighted by Crippen LogP contribution is 2.27. The van der Waals surface area contributed by atoms with E-state index in [1.165, 1.54) is 12.1 Å². The third-order valence-corrected chi connectivity index (χ3v) is 4.79. The fraction of sp³-hybridized carbons (Fsp3) is 0.0769. The van der Waals surface area contributed by atoms with E-state index in [0.29, 0.717) is 21.2 Å². The van der Waals surface area contributed by atoms with E-state index in [-0.39, 0.29) is 10.8 Å². The standard InChI is InChI=1S/C13H10Cl2FNOS/c14-10-5-4-9(17)6-12(10)19(18)7-8-2-1-3-11(16)13(8)15/h1-6H,7,17H2. The number of hydrogen-bond donors (Lipinski definition) is 1. The minimum absolute atomic E-state index is 0.0177. The lowest BCUT2D eigenvalue weighted by atomic mass is 10.2. The second kappa shape index (κ2) is 5.90. The van der Waals surface area contributed by atoms with Crippen molar-refractivity contribution in [3.05, 3.63) is 57.8 Å². The summed E-state index contributed by atoms with van der Waals surface area (Å²) in [6, 6.07) is 9.15. The second-order valence-corrected chi connectivity index (χ2v) is 6.10. The predicted molar refractivity (Wildman–Crippen MR) is 77.4 cm³/mol. The SMILES string of the molecule is Nc1ccc(Cl)c(S(=O)Cc2cccc(F)c2Cl)c1. The highest BCUT2D eigenvalue weighted by Gasteiger charge is 2.13. The van der Waals surface area contributed by atoms with E-state index in [9.17, 15) is 8.60 Å². The van der Waals surface area contributed by atoms with Crippen LogP contribution in [0.1, 0.15) is 5.56 Å². The Balaban J connectivity index is 2.31. The van der Waals surface area contributed by atoms with Crippen molar-refractivity contribution in [2.45, 2.75) is 10.6 Å². The molecule has 0 aromatic heterocycles. The van der Waals surface area contributed by atoms with Crippen LogP contribution in [-0.4, -0.2) is 4.21 Å². The van der Waals surface area contributed by atoms with Gasteiger partial charge in [-0.2, -0.15) is 0 Å². The summed E-state index contributed by atoms with van der Waals surface area (Å²) in [6.07, 6.45) is 0. The largest absolute Gasteiger partial charge is 0.399 e. The molecule has 0 saturated heterocycles. The van der Waals surface area contributed by atoms with Gasteiger partial charge in [0.2, 0.25) is 0 Å². The van der Waals surface area contributed by atoms with Crippen molar-refractivity contribution in [2.75, 3.05) is 5.73 Å². The predicted octanol–water partition coefficient (Wildman–Crippen LogP) is 4.02. The van der Waals surface area contributed by atoms with Gasteiger partial charge >= 0.3 is 0 Å². The molecule has 6 heteroatoms. The summed E-state index contributed by atoms with van der Waals surface area (Å²) in [5.41, 5.74) is 6.57. The maximum atomic E-state index is 13.3. The third kappa shape index (κ3) is 3.26. The van der Waals surface area contributed by atoms with Crippen LogP contribution in [0.15, 0.2) is 41.3 Å². The molecule has 0 amide bonds. The zero-order chi connectivity index (χ0) is 14.0. The molecule has 2 rings (SSSR count). The van der Waals surface area contributed by atoms with E-state index in [2.05, 4.69) is 0 Å². The van der Waals surface area contributed by atoms with Crippen molar-refractivity contribution in [1.82, 2.24) is 0 Å². The Labute approximate surface area is 122 Å². The molecule has 0 radical (unpaired) electrons. The van der Waals surface area contributed by atoms with Crippen LogP contribution in [0.4, 0.5) is 10.1 Å². The molecule has 0 bridgehead atoms. The minimum atomic E-state index is -1.44. The fourth-order valence-corrected chi connectivity index (χ4v) is 3.45. The summed E-state index contributed by atoms with van der Waals surface area (Å²) in [5, 5.41) is 0.343. The van der Waals surface area contributed by atoms with Gasteiger partial charge in [-0.25, -0.2) is 4.39 Å². The number of halogens is 3. The second-order valence-electron chi connectivity index (χ2n) is 3.89. The van der Waals surface area contributed by atoms with Gasteiger partial charge in [-0.3, -0.25) is 4.21 Å². The lowest BCUT2D eigenvalue weighted by Gasteiger charge is -2.07. The van der Waals surface area contributed by atoms with Crippen molar-refractivity contribution >= 4 is 39.7 Å². The van der Waals surface area contributed by atoms with Gasteiger partial charge in [0.15, 0.2) is 0 Å². The van der Waals surface area contributed by atoms with Gasteiger partial charge in [0.1, 0.15) is 5.82 Å². The monoisotopic (exact) mass is 317 g/mol. The highest BCUT2D eigenvalue weighted by atomic mass is 35.5. The van der Waals surface area contributed by atoms with Gasteiger partial charge < -0.3 is 5.73 Å². The quantitative estimate of drug-likeness (QED) is 0.869. The number of anilines is 1. The molecule has 2 nitrogen and oxygen atoms in total. The van der Waals surface area contributed by atoms with E-state index in [1.807, 2.05) is 0 Å². The molecule has 0 aliphatic rings. The van der Waals surface area contributed by atoms with Crippen molar-refractivity contribution < 1.29 is 8.60 Å². The van der Waals surface area contributed by atoms with Crippen LogP contribution in [0.25, 0.3) is 0 Å². The molecule has 0 heterocycles. The Kier molecular flexibility index (Phi) is 4.45. The third-order valence-electron chi connectivity index (χ3n) is 2.52. The Hall–Kier alpha value is -1.10. The lowest BCUT2D eigenvalue weighted by Crippen LogP contribution is -2.00. The molecule has 1 atom stereocenters. The van der Waals surface area contributed by atoms with Gasteiger partial charge in [-0.1, -0.05) is 35.3 Å². The summed E-state index contributed by atoms with van der Waals surface area (Å²) >= 11 is 11.8. The van der Waals surface area contributed by atoms with E-state index in [4.69, 9.17) is 28.9 Å². The topological polar surface area (TPSA) is 43.1 Å². The molecule has 0 fully saturated rings. The molecule has 100 valence electrons. The number of benzene rings is 2. The zero-order valence-corrected chi connectivity index (χ0v) is 12.0. The molecular weight excluding hydrogens is 308 g/mol. The first-order valence-electron chi connectivity index (χ1n) is 5.35. The Morgan fingerprint density at radius 1 is 1.21 bits per heavy atom. The van der Waals surface area contributed by atoms with Gasteiger partial charge in [0.05, 0.1) is 31.5 Å². The summed E-state index contributed by atoms with van der Waals surface area (Å²) < 4.78 is 25.5. The van der Waals surface area contributed by atoms with Crippen LogP contribution in [0.5, 0.6) is 0 Å². The first kappa shape index (κ1) is 14.3. The van der Waals surface area contributed by atoms with Crippen LogP contribution in [0, 0.1) is 5.82 Å². The van der Waals surface area contributed by atoms with Crippen molar-refractivity contribution in [2.24, 2.45) is 0 Å². The molecule has 1 unspecified atom stereocenters. The molecule has 19 heavy (non-hydrogen) atoms. The van der Waals surface area contributed by atoms with Gasteiger partial charge in [0.25, 0.3) is 0 Å². The van der Waals surface area contributed by atoms with Crippen molar-refractivity contribution in [3.63, 3.8) is 0 Å². The molecular formula is C13H10Cl2FNOS. The normalized spacial score (nSPS) is 12.4. The number of nitrogens with two attached hydrogens (primary N) is 1. The van der Waals surface area contributed by atoms with Gasteiger partial charge in [-0.15, -0.1) is 0 Å². The first-order valence-corrected chi connectivity index (χ1v) is 7.43. The van der Waals surface area contributed by atoms with Crippen molar-refractivity contribution in [3.8, 4) is 0 Å². The zero-order valence-electron chi connectivity index (χ0n) is 9.70. The minimum Gasteiger partial charge on any atom is -0.399 e. The van der Waals surface area contributed by atoms with Gasteiger partial charge in [0, 0.05) is 5.69 Å². The molecule has 0 aliphatic heterocycles. The van der Waals surface area contributed by atoms with E-state index < -0.39 is 16.6 Å². The van der Waals surface area contributed by atoms with Crippen LogP contribution in [0.3, 0.4) is 0 Å².